The molecule has 2 heterocycles. The Hall–Kier alpha value is -2.88. The van der Waals surface area contributed by atoms with Crippen molar-refractivity contribution in [2.75, 3.05) is 32.2 Å². The van der Waals surface area contributed by atoms with Crippen LogP contribution in [0.2, 0.25) is 0 Å². The Morgan fingerprint density at radius 1 is 1.26 bits per heavy atom. The number of carbonyl (C=O) groups excluding carboxylic acids is 2. The normalized spacial score (nSPS) is 18.9. The van der Waals surface area contributed by atoms with Crippen LogP contribution in [0.4, 0.5) is 5.69 Å². The first-order chi connectivity index (χ1) is 17.0. The van der Waals surface area contributed by atoms with Gasteiger partial charge in [-0.25, -0.2) is 0 Å². The van der Waals surface area contributed by atoms with Crippen molar-refractivity contribution in [1.82, 2.24) is 4.90 Å². The third-order valence-electron chi connectivity index (χ3n) is 5.77. The molecule has 2 saturated heterocycles. The van der Waals surface area contributed by atoms with Crippen LogP contribution in [0.25, 0.3) is 6.08 Å². The molecule has 2 amide bonds. The fraction of sp³-hybridized carbons (Fsp3) is 0.346. The van der Waals surface area contributed by atoms with E-state index in [2.05, 4.69) is 12.2 Å². The number of rotatable bonds is 9. The summed E-state index contributed by atoms with van der Waals surface area (Å²) in [5, 5.41) is 2.82. The van der Waals surface area contributed by atoms with Crippen molar-refractivity contribution in [2.45, 2.75) is 32.3 Å². The predicted molar refractivity (Wildman–Crippen MR) is 142 cm³/mol. The van der Waals surface area contributed by atoms with E-state index in [9.17, 15) is 9.59 Å². The van der Waals surface area contributed by atoms with Gasteiger partial charge in [0.25, 0.3) is 11.8 Å². The summed E-state index contributed by atoms with van der Waals surface area (Å²) >= 11 is 6.71. The fourth-order valence-corrected chi connectivity index (χ4v) is 5.13. The van der Waals surface area contributed by atoms with E-state index in [1.165, 1.54) is 24.4 Å². The number of benzene rings is 2. The quantitative estimate of drug-likeness (QED) is 0.387. The molecule has 35 heavy (non-hydrogen) atoms. The van der Waals surface area contributed by atoms with Gasteiger partial charge in [-0.15, -0.1) is 0 Å². The maximum atomic E-state index is 12.9. The van der Waals surface area contributed by atoms with Crippen molar-refractivity contribution < 1.29 is 23.8 Å². The minimum Gasteiger partial charge on any atom is -0.493 e. The van der Waals surface area contributed by atoms with E-state index in [0.717, 1.165) is 37.1 Å². The van der Waals surface area contributed by atoms with Crippen LogP contribution in [0.5, 0.6) is 11.5 Å². The zero-order valence-electron chi connectivity index (χ0n) is 19.7. The molecule has 0 aliphatic carbocycles. The molecule has 2 aliphatic heterocycles. The molecule has 1 atom stereocenters. The van der Waals surface area contributed by atoms with Crippen LogP contribution in [0.15, 0.2) is 47.4 Å². The number of nitrogens with zero attached hydrogens (tertiary/aromatic N) is 1. The van der Waals surface area contributed by atoms with Crippen molar-refractivity contribution in [3.63, 3.8) is 0 Å². The lowest BCUT2D eigenvalue weighted by Gasteiger charge is -2.18. The highest BCUT2D eigenvalue weighted by Crippen LogP contribution is 2.35. The van der Waals surface area contributed by atoms with Gasteiger partial charge in [0.1, 0.15) is 4.32 Å². The molecule has 4 rings (SSSR count). The molecular formula is C26H28N2O5S2. The van der Waals surface area contributed by atoms with E-state index in [1.54, 1.807) is 23.1 Å². The number of anilines is 1. The van der Waals surface area contributed by atoms with E-state index in [4.69, 9.17) is 26.4 Å². The van der Waals surface area contributed by atoms with Gasteiger partial charge in [-0.3, -0.25) is 14.5 Å². The summed E-state index contributed by atoms with van der Waals surface area (Å²) in [5.41, 5.74) is 2.69. The van der Waals surface area contributed by atoms with Gasteiger partial charge in [0, 0.05) is 12.3 Å². The topological polar surface area (TPSA) is 77.1 Å². The molecule has 2 aromatic carbocycles. The molecule has 2 aromatic rings. The van der Waals surface area contributed by atoms with Crippen LogP contribution in [0, 0.1) is 0 Å². The molecule has 0 spiro atoms. The Bertz CT molecular complexity index is 1130. The summed E-state index contributed by atoms with van der Waals surface area (Å²) in [6.45, 7) is 3.14. The van der Waals surface area contributed by atoms with Gasteiger partial charge in [0.05, 0.1) is 24.7 Å². The second-order valence-corrected chi connectivity index (χ2v) is 9.90. The number of hydrogen-bond acceptors (Lipinski definition) is 7. The zero-order valence-corrected chi connectivity index (χ0v) is 21.4. The Balaban J connectivity index is 1.37. The predicted octanol–water partition coefficient (Wildman–Crippen LogP) is 4.66. The average Bonchev–Trinajstić information content (AvgIpc) is 3.47. The number of carbonyl (C=O) groups is 2. The number of methoxy groups -OCH3 is 1. The molecule has 1 N–H and O–H groups in total. The van der Waals surface area contributed by atoms with Gasteiger partial charge in [-0.05, 0) is 60.7 Å². The van der Waals surface area contributed by atoms with Gasteiger partial charge in [0.2, 0.25) is 0 Å². The fourth-order valence-electron chi connectivity index (χ4n) is 3.86. The third-order valence-corrected chi connectivity index (χ3v) is 7.15. The highest BCUT2D eigenvalue weighted by atomic mass is 32.2. The minimum absolute atomic E-state index is 0.0429. The maximum Gasteiger partial charge on any atom is 0.266 e. The van der Waals surface area contributed by atoms with E-state index in [-0.39, 0.29) is 24.5 Å². The smallest absolute Gasteiger partial charge is 0.266 e. The molecule has 0 aromatic heterocycles. The van der Waals surface area contributed by atoms with E-state index in [1.807, 2.05) is 30.3 Å². The minimum atomic E-state index is -0.268. The van der Waals surface area contributed by atoms with Crippen molar-refractivity contribution in [3.05, 3.63) is 58.5 Å². The second kappa shape index (κ2) is 11.7. The van der Waals surface area contributed by atoms with E-state index >= 15 is 0 Å². The number of amides is 2. The molecule has 9 heteroatoms. The number of aryl methyl sites for hydroxylation is 1. The molecular weight excluding hydrogens is 484 g/mol. The van der Waals surface area contributed by atoms with Gasteiger partial charge in [-0.1, -0.05) is 49.1 Å². The van der Waals surface area contributed by atoms with Gasteiger partial charge >= 0.3 is 0 Å². The van der Waals surface area contributed by atoms with Gasteiger partial charge in [-0.2, -0.15) is 0 Å². The lowest BCUT2D eigenvalue weighted by Crippen LogP contribution is -2.35. The van der Waals surface area contributed by atoms with Crippen molar-refractivity contribution in [2.24, 2.45) is 0 Å². The standard InChI is InChI=1S/C26H28N2O5S2/c1-3-17-6-9-19(10-7-17)27-24(29)16-33-21-11-8-18(13-22(21)31-2)14-23-25(30)28(26(34)35-23)15-20-5-4-12-32-20/h6-11,13-14,20H,3-5,12,15-16H2,1-2H3,(H,27,29)/b23-14-/t20-/m1/s1. The summed E-state index contributed by atoms with van der Waals surface area (Å²) < 4.78 is 17.3. The summed E-state index contributed by atoms with van der Waals surface area (Å²) in [6.07, 6.45) is 4.72. The van der Waals surface area contributed by atoms with Crippen LogP contribution < -0.4 is 14.8 Å². The number of hydrogen-bond donors (Lipinski definition) is 1. The second-order valence-electron chi connectivity index (χ2n) is 8.22. The van der Waals surface area contributed by atoms with Crippen molar-refractivity contribution in [1.29, 1.82) is 0 Å². The van der Waals surface area contributed by atoms with E-state index in [0.29, 0.717) is 27.3 Å². The molecule has 0 radical (unpaired) electrons. The highest BCUT2D eigenvalue weighted by Gasteiger charge is 2.34. The number of thioether (sulfide) groups is 1. The summed E-state index contributed by atoms with van der Waals surface area (Å²) in [6, 6.07) is 13.0. The number of nitrogens with one attached hydrogen (secondary N) is 1. The monoisotopic (exact) mass is 512 g/mol. The largest absolute Gasteiger partial charge is 0.493 e. The Morgan fingerprint density at radius 2 is 2.06 bits per heavy atom. The first-order valence-electron chi connectivity index (χ1n) is 11.5. The summed E-state index contributed by atoms with van der Waals surface area (Å²) in [4.78, 5) is 27.4. The first-order valence-corrected chi connectivity index (χ1v) is 12.8. The molecule has 2 fully saturated rings. The van der Waals surface area contributed by atoms with Gasteiger partial charge < -0.3 is 19.5 Å². The Morgan fingerprint density at radius 3 is 2.74 bits per heavy atom. The molecule has 2 aliphatic rings. The molecule has 7 nitrogen and oxygen atoms in total. The van der Waals surface area contributed by atoms with Crippen LogP contribution in [-0.2, 0) is 20.7 Å². The van der Waals surface area contributed by atoms with E-state index < -0.39 is 0 Å². The third kappa shape index (κ3) is 6.42. The average molecular weight is 513 g/mol. The summed E-state index contributed by atoms with van der Waals surface area (Å²) in [7, 11) is 1.53. The van der Waals surface area contributed by atoms with Crippen molar-refractivity contribution in [3.8, 4) is 11.5 Å². The Kier molecular flexibility index (Phi) is 8.43. The van der Waals surface area contributed by atoms with Gasteiger partial charge in [0.15, 0.2) is 18.1 Å². The van der Waals surface area contributed by atoms with Crippen molar-refractivity contribution >= 4 is 51.9 Å². The van der Waals surface area contributed by atoms with Crippen LogP contribution >= 0.6 is 24.0 Å². The number of thiocarbonyl (C=S) groups is 1. The molecule has 184 valence electrons. The maximum absolute atomic E-state index is 12.9. The zero-order chi connectivity index (χ0) is 24.8. The lowest BCUT2D eigenvalue weighted by atomic mass is 10.1. The lowest BCUT2D eigenvalue weighted by molar-refractivity contribution is -0.123. The van der Waals surface area contributed by atoms with Crippen LogP contribution in [0.1, 0.15) is 30.9 Å². The summed E-state index contributed by atoms with van der Waals surface area (Å²) in [5.74, 6) is 0.523. The first kappa shape index (κ1) is 25.2. The molecule has 0 saturated carbocycles. The molecule has 0 unspecified atom stereocenters. The van der Waals surface area contributed by atoms with Crippen LogP contribution in [0.3, 0.4) is 0 Å². The number of ether oxygens (including phenoxy) is 3. The highest BCUT2D eigenvalue weighted by molar-refractivity contribution is 8.26. The Labute approximate surface area is 214 Å². The molecule has 0 bridgehead atoms. The SMILES string of the molecule is CCc1ccc(NC(=O)COc2ccc(/C=C3\SC(=S)N(C[C@H]4CCCO4)C3=O)cc2OC)cc1. The van der Waals surface area contributed by atoms with Crippen LogP contribution in [-0.4, -0.2) is 54.0 Å².